The Balaban J connectivity index is 1.90. The molecule has 3 nitrogen and oxygen atoms in total. The van der Waals surface area contributed by atoms with Crippen LogP contribution in [0.4, 0.5) is 0 Å². The first kappa shape index (κ1) is 21.8. The Morgan fingerprint density at radius 3 is 1.84 bits per heavy atom. The summed E-state index contributed by atoms with van der Waals surface area (Å²) in [6.45, 7) is 2.88. The molecule has 0 aliphatic carbocycles. The van der Waals surface area contributed by atoms with Crippen molar-refractivity contribution in [2.75, 3.05) is 13.2 Å². The molecule has 0 aromatic heterocycles. The van der Waals surface area contributed by atoms with Gasteiger partial charge in [-0.1, -0.05) is 0 Å². The van der Waals surface area contributed by atoms with Crippen molar-refractivity contribution >= 4 is 35.1 Å². The second-order valence-corrected chi connectivity index (χ2v) is 18.1. The Bertz CT molecular complexity index is 919. The van der Waals surface area contributed by atoms with Crippen LogP contribution in [0, 0.1) is 0 Å². The van der Waals surface area contributed by atoms with Gasteiger partial charge in [-0.3, -0.25) is 0 Å². The molecule has 0 spiro atoms. The van der Waals surface area contributed by atoms with E-state index in [1.165, 1.54) is 16.3 Å². The van der Waals surface area contributed by atoms with Gasteiger partial charge in [-0.05, 0) is 0 Å². The van der Waals surface area contributed by atoms with Gasteiger partial charge in [0, 0.05) is 0 Å². The van der Waals surface area contributed by atoms with Crippen LogP contribution in [0.3, 0.4) is 0 Å². The van der Waals surface area contributed by atoms with E-state index in [4.69, 9.17) is 9.47 Å². The third-order valence-corrected chi connectivity index (χ3v) is 18.8. The standard InChI is InChI=1S/C9H13O3.3C6H5.Sn/c1-3-11-9(10)6-8-7(2)4-5-12-8;3*1-2-4-6-5-3-1;/h2,8H,3-6H2,1H3;3*1-5H;. The van der Waals surface area contributed by atoms with Crippen molar-refractivity contribution in [3.63, 3.8) is 0 Å². The summed E-state index contributed by atoms with van der Waals surface area (Å²) < 4.78 is 17.9. The van der Waals surface area contributed by atoms with E-state index in [2.05, 4.69) is 95.1 Å². The summed E-state index contributed by atoms with van der Waals surface area (Å²) in [6.07, 6.45) is 0.932. The summed E-state index contributed by atoms with van der Waals surface area (Å²) in [4.78, 5) is 12.2. The van der Waals surface area contributed by atoms with Gasteiger partial charge in [-0.25, -0.2) is 0 Å². The number of esters is 1. The summed E-state index contributed by atoms with van der Waals surface area (Å²) in [6, 6.07) is 32.6. The molecule has 1 aliphatic rings. The fraction of sp³-hybridized carbons (Fsp3) is 0.222. The van der Waals surface area contributed by atoms with E-state index < -0.39 is 18.4 Å². The SMILES string of the molecule is CCOC(=O)CC1OCC/C1=[CH]\[Sn]([c]1ccccc1)([c]1ccccc1)[c]1ccccc1. The molecule has 3 aromatic rings. The molecule has 1 fully saturated rings. The summed E-state index contributed by atoms with van der Waals surface area (Å²) in [5, 5.41) is 0. The van der Waals surface area contributed by atoms with E-state index in [1.807, 2.05) is 6.92 Å². The van der Waals surface area contributed by atoms with E-state index in [0.29, 0.717) is 13.2 Å². The van der Waals surface area contributed by atoms with Crippen molar-refractivity contribution in [3.05, 3.63) is 101 Å². The second-order valence-electron chi connectivity index (χ2n) is 7.74. The van der Waals surface area contributed by atoms with Crippen LogP contribution < -0.4 is 10.7 Å². The first-order chi connectivity index (χ1) is 15.2. The molecule has 31 heavy (non-hydrogen) atoms. The monoisotopic (exact) mass is 520 g/mol. The minimum absolute atomic E-state index is 0.194. The van der Waals surface area contributed by atoms with E-state index >= 15 is 0 Å². The topological polar surface area (TPSA) is 35.5 Å². The quantitative estimate of drug-likeness (QED) is 0.355. The number of benzene rings is 3. The molecular formula is C27H28O3Sn. The molecule has 0 bridgehead atoms. The Hall–Kier alpha value is -2.37. The maximum absolute atomic E-state index is 12.2. The van der Waals surface area contributed by atoms with Crippen LogP contribution in [0.25, 0.3) is 0 Å². The fourth-order valence-electron chi connectivity index (χ4n) is 4.44. The normalized spacial score (nSPS) is 17.6. The fourth-order valence-corrected chi connectivity index (χ4v) is 17.4. The molecule has 1 unspecified atom stereocenters. The van der Waals surface area contributed by atoms with Gasteiger partial charge < -0.3 is 0 Å². The number of carbonyl (C=O) groups excluding carboxylic acids is 1. The number of ether oxygens (including phenoxy) is 2. The molecule has 1 aliphatic heterocycles. The molecule has 0 saturated carbocycles. The number of carbonyl (C=O) groups is 1. The van der Waals surface area contributed by atoms with Crippen LogP contribution in [0.15, 0.2) is 101 Å². The molecule has 4 rings (SSSR count). The molecule has 1 saturated heterocycles. The van der Waals surface area contributed by atoms with Crippen molar-refractivity contribution in [1.82, 2.24) is 0 Å². The Morgan fingerprint density at radius 2 is 1.39 bits per heavy atom. The molecule has 0 radical (unpaired) electrons. The zero-order valence-electron chi connectivity index (χ0n) is 17.9. The van der Waals surface area contributed by atoms with Gasteiger partial charge in [0.1, 0.15) is 0 Å². The van der Waals surface area contributed by atoms with Crippen LogP contribution in [-0.4, -0.2) is 43.7 Å². The number of rotatable bonds is 7. The van der Waals surface area contributed by atoms with E-state index in [-0.39, 0.29) is 18.5 Å². The van der Waals surface area contributed by atoms with Crippen LogP contribution >= 0.6 is 0 Å². The van der Waals surface area contributed by atoms with Crippen LogP contribution in [0.2, 0.25) is 0 Å². The first-order valence-corrected chi connectivity index (χ1v) is 16.8. The van der Waals surface area contributed by atoms with E-state index in [9.17, 15) is 4.79 Å². The van der Waals surface area contributed by atoms with Gasteiger partial charge in [-0.15, -0.1) is 0 Å². The molecule has 3 aromatic carbocycles. The first-order valence-electron chi connectivity index (χ1n) is 10.9. The molecular weight excluding hydrogens is 491 g/mol. The van der Waals surface area contributed by atoms with Crippen LogP contribution in [0.5, 0.6) is 0 Å². The van der Waals surface area contributed by atoms with Gasteiger partial charge in [0.25, 0.3) is 0 Å². The van der Waals surface area contributed by atoms with Gasteiger partial charge in [-0.2, -0.15) is 0 Å². The summed E-state index contributed by atoms with van der Waals surface area (Å²) in [5.74, 6) is -0.194. The van der Waals surface area contributed by atoms with Gasteiger partial charge in [0.15, 0.2) is 0 Å². The zero-order valence-corrected chi connectivity index (χ0v) is 20.7. The molecule has 0 amide bonds. The van der Waals surface area contributed by atoms with Crippen LogP contribution in [0.1, 0.15) is 19.8 Å². The molecule has 158 valence electrons. The maximum atomic E-state index is 12.2. The summed E-state index contributed by atoms with van der Waals surface area (Å²) in [7, 11) is 0. The molecule has 1 atom stereocenters. The van der Waals surface area contributed by atoms with Crippen molar-refractivity contribution < 1.29 is 14.3 Å². The number of hydrogen-bond donors (Lipinski definition) is 0. The third-order valence-electron chi connectivity index (χ3n) is 5.87. The Kier molecular flexibility index (Phi) is 7.25. The predicted molar refractivity (Wildman–Crippen MR) is 128 cm³/mol. The molecule has 4 heteroatoms. The second kappa shape index (κ2) is 10.3. The summed E-state index contributed by atoms with van der Waals surface area (Å²) in [5.41, 5.74) is 1.24. The van der Waals surface area contributed by atoms with Crippen molar-refractivity contribution in [2.45, 2.75) is 25.9 Å². The van der Waals surface area contributed by atoms with Crippen molar-refractivity contribution in [1.29, 1.82) is 0 Å². The Labute approximate surface area is 188 Å². The molecule has 1 heterocycles. The predicted octanol–water partition coefficient (Wildman–Crippen LogP) is 3.36. The van der Waals surface area contributed by atoms with E-state index in [0.717, 1.165) is 6.42 Å². The minimum atomic E-state index is -3.52. The van der Waals surface area contributed by atoms with Gasteiger partial charge in [0.05, 0.1) is 0 Å². The van der Waals surface area contributed by atoms with Crippen LogP contribution in [-0.2, 0) is 14.3 Å². The summed E-state index contributed by atoms with van der Waals surface area (Å²) >= 11 is -3.52. The Morgan fingerprint density at radius 1 is 0.903 bits per heavy atom. The van der Waals surface area contributed by atoms with Crippen molar-refractivity contribution in [2.24, 2.45) is 0 Å². The number of hydrogen-bond acceptors (Lipinski definition) is 3. The van der Waals surface area contributed by atoms with Crippen molar-refractivity contribution in [3.8, 4) is 0 Å². The van der Waals surface area contributed by atoms with Gasteiger partial charge >= 0.3 is 189 Å². The average molecular weight is 519 g/mol. The van der Waals surface area contributed by atoms with E-state index in [1.54, 1.807) is 0 Å². The molecule has 0 N–H and O–H groups in total. The average Bonchev–Trinajstić information content (AvgIpc) is 3.25. The third kappa shape index (κ3) is 4.78. The zero-order chi connectivity index (χ0) is 21.5. The van der Waals surface area contributed by atoms with Gasteiger partial charge in [0.2, 0.25) is 0 Å².